The zero-order valence-electron chi connectivity index (χ0n) is 14.2. The lowest BCUT2D eigenvalue weighted by Gasteiger charge is -2.09. The smallest absolute Gasteiger partial charge is 0.255 e. The van der Waals surface area contributed by atoms with E-state index in [0.717, 1.165) is 16.8 Å². The molecule has 3 aromatic rings. The summed E-state index contributed by atoms with van der Waals surface area (Å²) < 4.78 is 32.6. The number of aromatic nitrogens is 1. The summed E-state index contributed by atoms with van der Waals surface area (Å²) in [5, 5.41) is 3.95. The minimum atomic E-state index is -3.69. The van der Waals surface area contributed by atoms with Gasteiger partial charge >= 0.3 is 0 Å². The van der Waals surface area contributed by atoms with Gasteiger partial charge in [-0.15, -0.1) is 0 Å². The van der Waals surface area contributed by atoms with E-state index in [1.165, 1.54) is 24.3 Å². The fraction of sp³-hybridized carbons (Fsp3) is 0.111. The maximum atomic E-state index is 12.5. The summed E-state index contributed by atoms with van der Waals surface area (Å²) in [5.74, 6) is -0.241. The Hall–Kier alpha value is -2.75. The highest BCUT2D eigenvalue weighted by Gasteiger charge is 2.14. The molecule has 2 aromatic heterocycles. The molecule has 3 N–H and O–H groups in total. The van der Waals surface area contributed by atoms with Gasteiger partial charge in [-0.05, 0) is 53.4 Å². The minimum Gasteiger partial charge on any atom is -0.484 e. The molecule has 0 radical (unpaired) electrons. The molecule has 0 aliphatic heterocycles. The number of nitrogens with two attached hydrogens (primary N) is 1. The van der Waals surface area contributed by atoms with Gasteiger partial charge in [-0.25, -0.2) is 13.1 Å². The highest BCUT2D eigenvalue weighted by atomic mass is 32.2. The van der Waals surface area contributed by atoms with Crippen LogP contribution in [0, 0.1) is 0 Å². The average molecular weight is 403 g/mol. The van der Waals surface area contributed by atoms with Crippen molar-refractivity contribution in [3.63, 3.8) is 0 Å². The molecule has 9 heteroatoms. The first-order valence-corrected chi connectivity index (χ1v) is 10.3. The number of carbonyl (C=O) groups is 1. The normalized spacial score (nSPS) is 11.3. The maximum Gasteiger partial charge on any atom is 0.255 e. The number of primary amides is 1. The molecule has 0 spiro atoms. The van der Waals surface area contributed by atoms with Crippen LogP contribution in [0.15, 0.2) is 64.3 Å². The zero-order chi connectivity index (χ0) is 19.3. The highest BCUT2D eigenvalue weighted by Crippen LogP contribution is 2.21. The first kappa shape index (κ1) is 19.0. The first-order valence-electron chi connectivity index (χ1n) is 7.92. The highest BCUT2D eigenvalue weighted by molar-refractivity contribution is 7.89. The SMILES string of the molecule is NC(=O)COc1ccc(S(=O)(=O)NCc2ccnc(-c3ccsc3)c2)cc1. The van der Waals surface area contributed by atoms with Crippen molar-refractivity contribution in [2.45, 2.75) is 11.4 Å². The molecule has 1 amide bonds. The summed E-state index contributed by atoms with van der Waals surface area (Å²) in [4.78, 5) is 15.1. The molecule has 0 aliphatic carbocycles. The Labute approximate surface area is 160 Å². The van der Waals surface area contributed by atoms with Gasteiger partial charge in [0.2, 0.25) is 10.0 Å². The fourth-order valence-electron chi connectivity index (χ4n) is 2.28. The van der Waals surface area contributed by atoms with E-state index in [-0.39, 0.29) is 18.0 Å². The summed E-state index contributed by atoms with van der Waals surface area (Å²) in [6.45, 7) is -0.124. The lowest BCUT2D eigenvalue weighted by molar-refractivity contribution is -0.119. The monoisotopic (exact) mass is 403 g/mol. The molecule has 0 saturated carbocycles. The van der Waals surface area contributed by atoms with E-state index in [1.807, 2.05) is 22.9 Å². The standard InChI is InChI=1S/C18H17N3O4S2/c19-18(22)11-25-15-1-3-16(4-2-15)27(23,24)21-10-13-5-7-20-17(9-13)14-6-8-26-12-14/h1-9,12,21H,10-11H2,(H2,19,22). The Balaban J connectivity index is 1.66. The minimum absolute atomic E-state index is 0.0982. The summed E-state index contributed by atoms with van der Waals surface area (Å²) in [6, 6.07) is 11.3. The Bertz CT molecular complexity index is 1020. The number of nitrogens with one attached hydrogen (secondary N) is 1. The van der Waals surface area contributed by atoms with Gasteiger partial charge in [-0.1, -0.05) is 0 Å². The van der Waals surface area contributed by atoms with E-state index in [0.29, 0.717) is 5.75 Å². The molecule has 0 atom stereocenters. The summed E-state index contributed by atoms with van der Waals surface area (Å²) in [7, 11) is -3.69. The zero-order valence-corrected chi connectivity index (χ0v) is 15.8. The number of amides is 1. The number of nitrogens with zero attached hydrogens (tertiary/aromatic N) is 1. The maximum absolute atomic E-state index is 12.5. The Morgan fingerprint density at radius 1 is 1.19 bits per heavy atom. The van der Waals surface area contributed by atoms with Crippen LogP contribution in [-0.2, 0) is 21.4 Å². The van der Waals surface area contributed by atoms with Crippen molar-refractivity contribution in [2.75, 3.05) is 6.61 Å². The van der Waals surface area contributed by atoms with Gasteiger partial charge in [0.25, 0.3) is 5.91 Å². The van der Waals surface area contributed by atoms with Gasteiger partial charge in [-0.2, -0.15) is 11.3 Å². The predicted molar refractivity (Wildman–Crippen MR) is 103 cm³/mol. The van der Waals surface area contributed by atoms with E-state index < -0.39 is 15.9 Å². The van der Waals surface area contributed by atoms with Crippen LogP contribution in [0.25, 0.3) is 11.3 Å². The molecule has 0 unspecified atom stereocenters. The molecule has 0 aliphatic rings. The number of pyridine rings is 1. The van der Waals surface area contributed by atoms with Crippen LogP contribution in [0.2, 0.25) is 0 Å². The van der Waals surface area contributed by atoms with Crippen LogP contribution in [0.5, 0.6) is 5.75 Å². The van der Waals surface area contributed by atoms with E-state index in [4.69, 9.17) is 10.5 Å². The molecule has 7 nitrogen and oxygen atoms in total. The fourth-order valence-corrected chi connectivity index (χ4v) is 3.95. The third-order valence-electron chi connectivity index (χ3n) is 3.62. The lowest BCUT2D eigenvalue weighted by atomic mass is 10.1. The van der Waals surface area contributed by atoms with Crippen molar-refractivity contribution < 1.29 is 17.9 Å². The third-order valence-corrected chi connectivity index (χ3v) is 5.72. The van der Waals surface area contributed by atoms with Crippen molar-refractivity contribution >= 4 is 27.3 Å². The van der Waals surface area contributed by atoms with E-state index >= 15 is 0 Å². The summed E-state index contributed by atoms with van der Waals surface area (Å²) >= 11 is 1.57. The number of carbonyl (C=O) groups excluding carboxylic acids is 1. The van der Waals surface area contributed by atoms with Crippen LogP contribution >= 0.6 is 11.3 Å². The number of hydrogen-bond donors (Lipinski definition) is 2. The molecule has 0 fully saturated rings. The Morgan fingerprint density at radius 2 is 1.96 bits per heavy atom. The molecule has 27 heavy (non-hydrogen) atoms. The van der Waals surface area contributed by atoms with Crippen LogP contribution < -0.4 is 15.2 Å². The Morgan fingerprint density at radius 3 is 2.63 bits per heavy atom. The van der Waals surface area contributed by atoms with E-state index in [2.05, 4.69) is 9.71 Å². The number of sulfonamides is 1. The van der Waals surface area contributed by atoms with Crippen molar-refractivity contribution in [1.82, 2.24) is 9.71 Å². The molecule has 3 rings (SSSR count). The third kappa shape index (κ3) is 5.13. The van der Waals surface area contributed by atoms with Crippen LogP contribution in [-0.4, -0.2) is 25.9 Å². The van der Waals surface area contributed by atoms with Crippen molar-refractivity contribution in [2.24, 2.45) is 5.73 Å². The van der Waals surface area contributed by atoms with E-state index in [9.17, 15) is 13.2 Å². The molecule has 2 heterocycles. The van der Waals surface area contributed by atoms with Crippen molar-refractivity contribution in [1.29, 1.82) is 0 Å². The van der Waals surface area contributed by atoms with Gasteiger partial charge in [0.1, 0.15) is 5.75 Å². The number of ether oxygens (including phenoxy) is 1. The summed E-state index contributed by atoms with van der Waals surface area (Å²) in [5.41, 5.74) is 7.60. The van der Waals surface area contributed by atoms with Gasteiger partial charge in [-0.3, -0.25) is 9.78 Å². The average Bonchev–Trinajstić information content (AvgIpc) is 3.20. The number of rotatable bonds is 8. The molecule has 140 valence electrons. The summed E-state index contributed by atoms with van der Waals surface area (Å²) in [6.07, 6.45) is 1.65. The lowest BCUT2D eigenvalue weighted by Crippen LogP contribution is -2.23. The predicted octanol–water partition coefficient (Wildman–Crippen LogP) is 2.15. The topological polar surface area (TPSA) is 111 Å². The van der Waals surface area contributed by atoms with Gasteiger partial charge in [0.05, 0.1) is 10.6 Å². The second kappa shape index (κ2) is 8.30. The number of benzene rings is 1. The molecule has 1 aromatic carbocycles. The molecular formula is C18H17N3O4S2. The first-order chi connectivity index (χ1) is 12.9. The van der Waals surface area contributed by atoms with Gasteiger partial charge in [0, 0.05) is 23.7 Å². The van der Waals surface area contributed by atoms with Crippen LogP contribution in [0.4, 0.5) is 0 Å². The molecule has 0 bridgehead atoms. The van der Waals surface area contributed by atoms with Crippen molar-refractivity contribution in [3.8, 4) is 17.0 Å². The second-order valence-corrected chi connectivity index (χ2v) is 8.16. The van der Waals surface area contributed by atoms with Crippen LogP contribution in [0.1, 0.15) is 5.56 Å². The number of thiophene rings is 1. The van der Waals surface area contributed by atoms with Crippen molar-refractivity contribution in [3.05, 3.63) is 65.0 Å². The quantitative estimate of drug-likeness (QED) is 0.599. The van der Waals surface area contributed by atoms with Gasteiger partial charge in [0.15, 0.2) is 6.61 Å². The molecular weight excluding hydrogens is 386 g/mol. The molecule has 0 saturated heterocycles. The largest absolute Gasteiger partial charge is 0.484 e. The second-order valence-electron chi connectivity index (χ2n) is 5.61. The number of hydrogen-bond acceptors (Lipinski definition) is 6. The Kier molecular flexibility index (Phi) is 5.84. The van der Waals surface area contributed by atoms with Crippen LogP contribution in [0.3, 0.4) is 0 Å². The van der Waals surface area contributed by atoms with E-state index in [1.54, 1.807) is 23.6 Å². The van der Waals surface area contributed by atoms with Gasteiger partial charge < -0.3 is 10.5 Å².